The van der Waals surface area contributed by atoms with Gasteiger partial charge in [0.2, 0.25) is 0 Å². The third-order valence-electron chi connectivity index (χ3n) is 3.75. The number of alkyl carbamates (subject to hydrolysis) is 1. The first kappa shape index (κ1) is 16.8. The molecule has 2 aromatic carbocycles. The van der Waals surface area contributed by atoms with Crippen LogP contribution < -0.4 is 5.32 Å². The molecule has 1 N–H and O–H groups in total. The number of hydrogen-bond donors (Lipinski definition) is 1. The summed E-state index contributed by atoms with van der Waals surface area (Å²) in [7, 11) is 0. The van der Waals surface area contributed by atoms with E-state index in [1.165, 1.54) is 0 Å². The summed E-state index contributed by atoms with van der Waals surface area (Å²) < 4.78 is 5.28. The molecule has 0 saturated carbocycles. The Morgan fingerprint density at radius 3 is 2.39 bits per heavy atom. The van der Waals surface area contributed by atoms with Crippen molar-refractivity contribution in [3.05, 3.63) is 77.9 Å². The summed E-state index contributed by atoms with van der Waals surface area (Å²) >= 11 is 0. The Bertz CT molecular complexity index is 645. The number of amides is 1. The van der Waals surface area contributed by atoms with Crippen LogP contribution in [0.4, 0.5) is 4.79 Å². The lowest BCUT2D eigenvalue weighted by molar-refractivity contribution is 0.137. The van der Waals surface area contributed by atoms with Crippen molar-refractivity contribution in [3.8, 4) is 0 Å². The molecule has 0 aliphatic carbocycles. The molecule has 0 saturated heterocycles. The highest BCUT2D eigenvalue weighted by atomic mass is 16.5. The highest BCUT2D eigenvalue weighted by Crippen LogP contribution is 2.21. The summed E-state index contributed by atoms with van der Waals surface area (Å²) in [5.41, 5.74) is 2.72. The van der Waals surface area contributed by atoms with E-state index >= 15 is 0 Å². The van der Waals surface area contributed by atoms with Gasteiger partial charge in [0.05, 0.1) is 12.1 Å². The van der Waals surface area contributed by atoms with Crippen LogP contribution in [0.3, 0.4) is 0 Å². The molecule has 0 heterocycles. The van der Waals surface area contributed by atoms with Crippen molar-refractivity contribution in [2.45, 2.75) is 25.8 Å². The van der Waals surface area contributed by atoms with Crippen molar-refractivity contribution in [1.29, 1.82) is 0 Å². The molecule has 0 bridgehead atoms. The fourth-order valence-electron chi connectivity index (χ4n) is 2.31. The smallest absolute Gasteiger partial charge is 0.407 e. The predicted octanol–water partition coefficient (Wildman–Crippen LogP) is 4.53. The third-order valence-corrected chi connectivity index (χ3v) is 3.75. The van der Waals surface area contributed by atoms with Crippen molar-refractivity contribution < 1.29 is 9.53 Å². The molecule has 3 heteroatoms. The molecule has 2 aromatic rings. The van der Waals surface area contributed by atoms with Gasteiger partial charge in [-0.1, -0.05) is 67.3 Å². The van der Waals surface area contributed by atoms with Crippen LogP contribution in [-0.4, -0.2) is 12.7 Å². The Morgan fingerprint density at radius 2 is 1.78 bits per heavy atom. The monoisotopic (exact) mass is 309 g/mol. The van der Waals surface area contributed by atoms with Crippen LogP contribution in [0.1, 0.15) is 30.5 Å². The minimum atomic E-state index is -0.496. The SMILES string of the molecule is C=Cc1ccc(C(C)(C)NC(=O)OCCc2ccccc2)cc1. The molecule has 0 aliphatic rings. The van der Waals surface area contributed by atoms with Crippen molar-refractivity contribution >= 4 is 12.2 Å². The average molecular weight is 309 g/mol. The van der Waals surface area contributed by atoms with E-state index in [4.69, 9.17) is 4.74 Å². The van der Waals surface area contributed by atoms with Gasteiger partial charge < -0.3 is 10.1 Å². The summed E-state index contributed by atoms with van der Waals surface area (Å²) in [4.78, 5) is 12.0. The highest BCUT2D eigenvalue weighted by Gasteiger charge is 2.23. The summed E-state index contributed by atoms with van der Waals surface area (Å²) in [6.45, 7) is 8.01. The van der Waals surface area contributed by atoms with Crippen LogP contribution >= 0.6 is 0 Å². The van der Waals surface area contributed by atoms with Gasteiger partial charge in [0.25, 0.3) is 0 Å². The Kier molecular flexibility index (Phi) is 5.58. The Balaban J connectivity index is 1.86. The van der Waals surface area contributed by atoms with Crippen molar-refractivity contribution in [2.75, 3.05) is 6.61 Å². The summed E-state index contributed by atoms with van der Waals surface area (Å²) in [5, 5.41) is 2.91. The molecular weight excluding hydrogens is 286 g/mol. The van der Waals surface area contributed by atoms with Gasteiger partial charge in [0.1, 0.15) is 0 Å². The van der Waals surface area contributed by atoms with Gasteiger partial charge in [-0.3, -0.25) is 0 Å². The molecule has 0 aliphatic heterocycles. The first-order chi connectivity index (χ1) is 11.0. The molecule has 1 amide bonds. The maximum atomic E-state index is 12.0. The largest absolute Gasteiger partial charge is 0.449 e. The van der Waals surface area contributed by atoms with Crippen LogP contribution in [-0.2, 0) is 16.7 Å². The van der Waals surface area contributed by atoms with Crippen LogP contribution in [0.15, 0.2) is 61.2 Å². The fourth-order valence-corrected chi connectivity index (χ4v) is 2.31. The minimum Gasteiger partial charge on any atom is -0.449 e. The number of carbonyl (C=O) groups is 1. The number of nitrogens with one attached hydrogen (secondary N) is 1. The molecule has 0 fully saturated rings. The van der Waals surface area contributed by atoms with Crippen LogP contribution in [0.5, 0.6) is 0 Å². The number of carbonyl (C=O) groups excluding carboxylic acids is 1. The second-order valence-corrected chi connectivity index (χ2v) is 5.95. The highest BCUT2D eigenvalue weighted by molar-refractivity contribution is 5.68. The number of ether oxygens (including phenoxy) is 1. The predicted molar refractivity (Wildman–Crippen MR) is 94.2 cm³/mol. The molecule has 0 aromatic heterocycles. The zero-order chi connectivity index (χ0) is 16.7. The number of rotatable bonds is 6. The first-order valence-electron chi connectivity index (χ1n) is 7.73. The lowest BCUT2D eigenvalue weighted by atomic mass is 9.93. The summed E-state index contributed by atoms with van der Waals surface area (Å²) in [5.74, 6) is 0. The lowest BCUT2D eigenvalue weighted by Gasteiger charge is -2.26. The van der Waals surface area contributed by atoms with E-state index in [9.17, 15) is 4.79 Å². The van der Waals surface area contributed by atoms with Crippen molar-refractivity contribution in [1.82, 2.24) is 5.32 Å². The van der Waals surface area contributed by atoms with Gasteiger partial charge in [0, 0.05) is 6.42 Å². The molecule has 2 rings (SSSR count). The Labute approximate surface area is 138 Å². The normalized spacial score (nSPS) is 10.9. The molecule has 120 valence electrons. The molecule has 0 atom stereocenters. The molecule has 0 radical (unpaired) electrons. The Hall–Kier alpha value is -2.55. The molecular formula is C20H23NO2. The van der Waals surface area contributed by atoms with E-state index in [2.05, 4.69) is 11.9 Å². The Morgan fingerprint density at radius 1 is 1.13 bits per heavy atom. The van der Waals surface area contributed by atoms with E-state index in [-0.39, 0.29) is 0 Å². The first-order valence-corrected chi connectivity index (χ1v) is 7.73. The van der Waals surface area contributed by atoms with Crippen molar-refractivity contribution in [2.24, 2.45) is 0 Å². The van der Waals surface area contributed by atoms with E-state index in [1.54, 1.807) is 6.08 Å². The van der Waals surface area contributed by atoms with E-state index in [0.29, 0.717) is 13.0 Å². The van der Waals surface area contributed by atoms with Gasteiger partial charge in [-0.2, -0.15) is 0 Å². The lowest BCUT2D eigenvalue weighted by Crippen LogP contribution is -2.41. The molecule has 3 nitrogen and oxygen atoms in total. The zero-order valence-electron chi connectivity index (χ0n) is 13.7. The summed E-state index contributed by atoms with van der Waals surface area (Å²) in [6, 6.07) is 17.9. The molecule has 0 unspecified atom stereocenters. The number of hydrogen-bond acceptors (Lipinski definition) is 2. The standard InChI is InChI=1S/C20H23NO2/c1-4-16-10-12-18(13-11-16)20(2,3)21-19(22)23-15-14-17-8-6-5-7-9-17/h4-13H,1,14-15H2,2-3H3,(H,21,22). The third kappa shape index (κ3) is 4.99. The van der Waals surface area contributed by atoms with Crippen molar-refractivity contribution in [3.63, 3.8) is 0 Å². The van der Waals surface area contributed by atoms with Gasteiger partial charge in [-0.05, 0) is 30.5 Å². The van der Waals surface area contributed by atoms with E-state index in [1.807, 2.05) is 68.4 Å². The van der Waals surface area contributed by atoms with Gasteiger partial charge in [-0.15, -0.1) is 0 Å². The minimum absolute atomic E-state index is 0.362. The maximum Gasteiger partial charge on any atom is 0.407 e. The summed E-state index contributed by atoms with van der Waals surface area (Å²) in [6.07, 6.45) is 2.10. The second-order valence-electron chi connectivity index (χ2n) is 5.95. The van der Waals surface area contributed by atoms with E-state index in [0.717, 1.165) is 16.7 Å². The molecule has 0 spiro atoms. The van der Waals surface area contributed by atoms with Gasteiger partial charge in [-0.25, -0.2) is 4.79 Å². The van der Waals surface area contributed by atoms with Crippen LogP contribution in [0.25, 0.3) is 6.08 Å². The number of benzene rings is 2. The maximum absolute atomic E-state index is 12.0. The average Bonchev–Trinajstić information content (AvgIpc) is 2.55. The van der Waals surface area contributed by atoms with E-state index < -0.39 is 11.6 Å². The quantitative estimate of drug-likeness (QED) is 0.851. The molecule has 23 heavy (non-hydrogen) atoms. The van der Waals surface area contributed by atoms with Gasteiger partial charge >= 0.3 is 6.09 Å². The second kappa shape index (κ2) is 7.63. The zero-order valence-corrected chi connectivity index (χ0v) is 13.7. The van der Waals surface area contributed by atoms with Crippen LogP contribution in [0.2, 0.25) is 0 Å². The van der Waals surface area contributed by atoms with Gasteiger partial charge in [0.15, 0.2) is 0 Å². The van der Waals surface area contributed by atoms with Crippen LogP contribution in [0, 0.1) is 0 Å². The topological polar surface area (TPSA) is 38.3 Å². The fraction of sp³-hybridized carbons (Fsp3) is 0.250.